The Morgan fingerprint density at radius 3 is 2.78 bits per heavy atom. The van der Waals surface area contributed by atoms with E-state index in [0.29, 0.717) is 23.5 Å². The zero-order valence-corrected chi connectivity index (χ0v) is 15.1. The number of H-pyrrole nitrogens is 1. The van der Waals surface area contributed by atoms with E-state index in [9.17, 15) is 9.59 Å². The van der Waals surface area contributed by atoms with E-state index >= 15 is 0 Å². The zero-order chi connectivity index (χ0) is 18.6. The Kier molecular flexibility index (Phi) is 4.76. The highest BCUT2D eigenvalue weighted by atomic mass is 32.1. The van der Waals surface area contributed by atoms with Gasteiger partial charge in [0, 0.05) is 41.4 Å². The molecule has 0 spiro atoms. The Bertz CT molecular complexity index is 1100. The molecule has 0 saturated carbocycles. The first-order valence-electron chi connectivity index (χ1n) is 8.46. The Morgan fingerprint density at radius 1 is 1.11 bits per heavy atom. The van der Waals surface area contributed by atoms with Crippen molar-refractivity contribution in [2.75, 3.05) is 6.54 Å². The molecule has 7 heteroatoms. The molecule has 4 aromatic rings. The van der Waals surface area contributed by atoms with Crippen LogP contribution in [0.25, 0.3) is 10.9 Å². The van der Waals surface area contributed by atoms with Crippen molar-refractivity contribution in [3.63, 3.8) is 0 Å². The van der Waals surface area contributed by atoms with Crippen LogP contribution < -0.4 is 5.32 Å². The highest BCUT2D eigenvalue weighted by Gasteiger charge is 2.19. The molecule has 0 radical (unpaired) electrons. The summed E-state index contributed by atoms with van der Waals surface area (Å²) in [7, 11) is 0. The molecule has 134 valence electrons. The first-order valence-corrected chi connectivity index (χ1v) is 9.34. The van der Waals surface area contributed by atoms with Crippen molar-refractivity contribution in [2.45, 2.75) is 6.42 Å². The summed E-state index contributed by atoms with van der Waals surface area (Å²) in [6.45, 7) is 0.492. The number of carbonyl (C=O) groups is 2. The number of benzene rings is 1. The minimum Gasteiger partial charge on any atom is -0.360 e. The van der Waals surface area contributed by atoms with Crippen molar-refractivity contribution in [1.29, 1.82) is 0 Å². The van der Waals surface area contributed by atoms with Crippen molar-refractivity contribution in [1.82, 2.24) is 20.3 Å². The predicted octanol–water partition coefficient (Wildman–Crippen LogP) is 3.22. The molecular weight excluding hydrogens is 360 g/mol. The topological polar surface area (TPSA) is 87.7 Å². The Balaban J connectivity index is 1.43. The summed E-state index contributed by atoms with van der Waals surface area (Å²) in [5.74, 6) is -0.466. The van der Waals surface area contributed by atoms with Crippen LogP contribution in [0.15, 0.2) is 60.4 Å². The second kappa shape index (κ2) is 7.51. The number of amides is 1. The molecule has 1 aromatic carbocycles. The van der Waals surface area contributed by atoms with E-state index in [-0.39, 0.29) is 17.4 Å². The third-order valence-electron chi connectivity index (χ3n) is 4.21. The molecule has 0 aliphatic heterocycles. The van der Waals surface area contributed by atoms with Crippen LogP contribution in [0.5, 0.6) is 0 Å². The number of hydrogen-bond acceptors (Lipinski definition) is 5. The van der Waals surface area contributed by atoms with Crippen LogP contribution in [0.1, 0.15) is 31.4 Å². The van der Waals surface area contributed by atoms with E-state index in [1.165, 1.54) is 11.3 Å². The van der Waals surface area contributed by atoms with Gasteiger partial charge in [0.1, 0.15) is 5.69 Å². The third-order valence-corrected chi connectivity index (χ3v) is 5.05. The van der Waals surface area contributed by atoms with E-state index in [2.05, 4.69) is 20.3 Å². The van der Waals surface area contributed by atoms with Crippen LogP contribution >= 0.6 is 11.3 Å². The Labute approximate surface area is 159 Å². The fourth-order valence-corrected chi connectivity index (χ4v) is 3.57. The minimum atomic E-state index is -0.279. The molecule has 0 fully saturated rings. The van der Waals surface area contributed by atoms with Gasteiger partial charge in [-0.25, -0.2) is 4.98 Å². The number of nitrogens with zero attached hydrogens (tertiary/aromatic N) is 2. The van der Waals surface area contributed by atoms with E-state index in [4.69, 9.17) is 0 Å². The Morgan fingerprint density at radius 2 is 1.93 bits per heavy atom. The average Bonchev–Trinajstić information content (AvgIpc) is 3.36. The van der Waals surface area contributed by atoms with E-state index in [1.807, 2.05) is 36.4 Å². The van der Waals surface area contributed by atoms with Crippen LogP contribution in [-0.2, 0) is 6.42 Å². The summed E-state index contributed by atoms with van der Waals surface area (Å²) in [5.41, 5.74) is 2.81. The summed E-state index contributed by atoms with van der Waals surface area (Å²) in [4.78, 5) is 36.3. The first kappa shape index (κ1) is 17.1. The van der Waals surface area contributed by atoms with Crippen molar-refractivity contribution in [2.24, 2.45) is 0 Å². The molecule has 3 aromatic heterocycles. The van der Waals surface area contributed by atoms with Gasteiger partial charge >= 0.3 is 0 Å². The quantitative estimate of drug-likeness (QED) is 0.506. The van der Waals surface area contributed by atoms with Crippen LogP contribution in [0.4, 0.5) is 0 Å². The van der Waals surface area contributed by atoms with Gasteiger partial charge in [0.2, 0.25) is 5.78 Å². The SMILES string of the molecule is O=C(NCCc1ccncc1)c1csc(C(=O)c2c[nH]c3ccccc23)n1. The summed E-state index contributed by atoms with van der Waals surface area (Å²) in [5, 5.41) is 5.60. The van der Waals surface area contributed by atoms with Crippen LogP contribution in [0.2, 0.25) is 0 Å². The highest BCUT2D eigenvalue weighted by Crippen LogP contribution is 2.22. The molecule has 0 bridgehead atoms. The van der Waals surface area contributed by atoms with Crippen LogP contribution in [-0.4, -0.2) is 33.2 Å². The number of fused-ring (bicyclic) bond motifs is 1. The van der Waals surface area contributed by atoms with E-state index in [0.717, 1.165) is 16.5 Å². The molecular formula is C20H16N4O2S. The summed E-state index contributed by atoms with van der Waals surface area (Å²) in [6.07, 6.45) is 5.84. The number of nitrogens with one attached hydrogen (secondary N) is 2. The molecule has 6 nitrogen and oxygen atoms in total. The lowest BCUT2D eigenvalue weighted by Gasteiger charge is -2.03. The maximum absolute atomic E-state index is 12.7. The van der Waals surface area contributed by atoms with Gasteiger partial charge in [-0.15, -0.1) is 11.3 Å². The Hall–Kier alpha value is -3.32. The first-order chi connectivity index (χ1) is 13.2. The van der Waals surface area contributed by atoms with Gasteiger partial charge in [-0.05, 0) is 30.2 Å². The molecule has 3 heterocycles. The number of pyridine rings is 1. The van der Waals surface area contributed by atoms with Gasteiger partial charge in [0.25, 0.3) is 5.91 Å². The number of rotatable bonds is 6. The number of aromatic amines is 1. The van der Waals surface area contributed by atoms with Crippen molar-refractivity contribution >= 4 is 33.9 Å². The number of aromatic nitrogens is 3. The summed E-state index contributed by atoms with van der Waals surface area (Å²) < 4.78 is 0. The fraction of sp³-hybridized carbons (Fsp3) is 0.100. The number of thiazole rings is 1. The zero-order valence-electron chi connectivity index (χ0n) is 14.3. The standard InChI is InChI=1S/C20H16N4O2S/c25-18(15-11-23-16-4-2-1-3-14(15)16)20-24-17(12-27-20)19(26)22-10-7-13-5-8-21-9-6-13/h1-6,8-9,11-12,23H,7,10H2,(H,22,26). The maximum atomic E-state index is 12.7. The minimum absolute atomic E-state index is 0.187. The molecule has 0 atom stereocenters. The molecule has 0 aliphatic rings. The lowest BCUT2D eigenvalue weighted by atomic mass is 10.1. The highest BCUT2D eigenvalue weighted by molar-refractivity contribution is 7.12. The van der Waals surface area contributed by atoms with Crippen molar-refractivity contribution < 1.29 is 9.59 Å². The lowest BCUT2D eigenvalue weighted by Crippen LogP contribution is -2.26. The number of ketones is 1. The number of para-hydroxylation sites is 1. The molecule has 0 unspecified atom stereocenters. The molecule has 1 amide bonds. The number of carbonyl (C=O) groups excluding carboxylic acids is 2. The second-order valence-electron chi connectivity index (χ2n) is 5.98. The van der Waals surface area contributed by atoms with Gasteiger partial charge in [-0.1, -0.05) is 18.2 Å². The molecule has 27 heavy (non-hydrogen) atoms. The number of hydrogen-bond donors (Lipinski definition) is 2. The van der Waals surface area contributed by atoms with E-state index < -0.39 is 0 Å². The summed E-state index contributed by atoms with van der Waals surface area (Å²) in [6, 6.07) is 11.4. The third kappa shape index (κ3) is 3.63. The van der Waals surface area contributed by atoms with Crippen molar-refractivity contribution in [3.8, 4) is 0 Å². The molecule has 4 rings (SSSR count). The van der Waals surface area contributed by atoms with Gasteiger partial charge in [-0.3, -0.25) is 14.6 Å². The van der Waals surface area contributed by atoms with Gasteiger partial charge in [0.05, 0.1) is 5.56 Å². The van der Waals surface area contributed by atoms with Gasteiger partial charge in [0.15, 0.2) is 5.01 Å². The normalized spacial score (nSPS) is 10.8. The smallest absolute Gasteiger partial charge is 0.270 e. The van der Waals surface area contributed by atoms with E-state index in [1.54, 1.807) is 24.0 Å². The largest absolute Gasteiger partial charge is 0.360 e. The maximum Gasteiger partial charge on any atom is 0.270 e. The molecule has 0 saturated heterocycles. The summed E-state index contributed by atoms with van der Waals surface area (Å²) >= 11 is 1.18. The molecule has 2 N–H and O–H groups in total. The van der Waals surface area contributed by atoms with Gasteiger partial charge in [-0.2, -0.15) is 0 Å². The van der Waals surface area contributed by atoms with Crippen LogP contribution in [0.3, 0.4) is 0 Å². The lowest BCUT2D eigenvalue weighted by molar-refractivity contribution is 0.0950. The van der Waals surface area contributed by atoms with Crippen molar-refractivity contribution in [3.05, 3.63) is 82.2 Å². The molecule has 0 aliphatic carbocycles. The van der Waals surface area contributed by atoms with Gasteiger partial charge < -0.3 is 10.3 Å². The predicted molar refractivity (Wildman–Crippen MR) is 104 cm³/mol. The fourth-order valence-electron chi connectivity index (χ4n) is 2.82. The monoisotopic (exact) mass is 376 g/mol. The average molecular weight is 376 g/mol. The van der Waals surface area contributed by atoms with Crippen LogP contribution in [0, 0.1) is 0 Å². The second-order valence-corrected chi connectivity index (χ2v) is 6.83.